The number of halogens is 5. The number of benzene rings is 1. The van der Waals surface area contributed by atoms with Gasteiger partial charge in [0.1, 0.15) is 0 Å². The molecule has 2 aliphatic rings. The molecule has 0 aromatic heterocycles. The van der Waals surface area contributed by atoms with E-state index in [0.717, 1.165) is 6.07 Å². The smallest absolute Gasteiger partial charge is 0.391 e. The fourth-order valence-corrected chi connectivity index (χ4v) is 3.85. The number of hydrogen-bond donors (Lipinski definition) is 0. The van der Waals surface area contributed by atoms with Crippen molar-refractivity contribution in [3.05, 3.63) is 34.9 Å². The molecule has 0 saturated heterocycles. The zero-order valence-electron chi connectivity index (χ0n) is 13.7. The summed E-state index contributed by atoms with van der Waals surface area (Å²) >= 11 is 0. The molecule has 0 bridgehead atoms. The minimum absolute atomic E-state index is 0.0615. The Hall–Kier alpha value is -1.66. The van der Waals surface area contributed by atoms with Crippen molar-refractivity contribution in [1.82, 2.24) is 0 Å². The van der Waals surface area contributed by atoms with Gasteiger partial charge in [-0.05, 0) is 61.6 Å². The van der Waals surface area contributed by atoms with Gasteiger partial charge in [-0.1, -0.05) is 6.07 Å². The third-order valence-electron chi connectivity index (χ3n) is 5.17. The second-order valence-electron chi connectivity index (χ2n) is 6.81. The number of esters is 1. The highest BCUT2D eigenvalue weighted by molar-refractivity contribution is 5.74. The molecule has 25 heavy (non-hydrogen) atoms. The van der Waals surface area contributed by atoms with E-state index in [2.05, 4.69) is 0 Å². The van der Waals surface area contributed by atoms with E-state index in [1.165, 1.54) is 6.07 Å². The lowest BCUT2D eigenvalue weighted by atomic mass is 9.84. The monoisotopic (exact) mass is 362 g/mol. The average Bonchev–Trinajstić information content (AvgIpc) is 3.25. The van der Waals surface area contributed by atoms with Crippen molar-refractivity contribution in [2.45, 2.75) is 50.6 Å². The van der Waals surface area contributed by atoms with Gasteiger partial charge in [0.05, 0.1) is 18.4 Å². The highest BCUT2D eigenvalue weighted by Gasteiger charge is 2.52. The van der Waals surface area contributed by atoms with E-state index in [0.29, 0.717) is 18.4 Å². The van der Waals surface area contributed by atoms with Gasteiger partial charge in [-0.15, -0.1) is 0 Å². The van der Waals surface area contributed by atoms with Crippen LogP contribution in [-0.2, 0) is 9.53 Å². The summed E-state index contributed by atoms with van der Waals surface area (Å²) in [5.41, 5.74) is 0.466. The Morgan fingerprint density at radius 2 is 1.88 bits per heavy atom. The number of rotatable bonds is 4. The molecule has 3 unspecified atom stereocenters. The zero-order chi connectivity index (χ0) is 18.4. The van der Waals surface area contributed by atoms with Gasteiger partial charge >= 0.3 is 12.1 Å². The molecule has 0 spiro atoms. The minimum Gasteiger partial charge on any atom is -0.466 e. The van der Waals surface area contributed by atoms with Gasteiger partial charge in [-0.2, -0.15) is 13.2 Å². The zero-order valence-corrected chi connectivity index (χ0v) is 13.7. The van der Waals surface area contributed by atoms with Crippen LogP contribution in [-0.4, -0.2) is 18.8 Å². The van der Waals surface area contributed by atoms with E-state index in [1.54, 1.807) is 6.92 Å². The van der Waals surface area contributed by atoms with Gasteiger partial charge in [0.2, 0.25) is 0 Å². The molecule has 2 saturated carbocycles. The lowest BCUT2D eigenvalue weighted by Crippen LogP contribution is -2.23. The van der Waals surface area contributed by atoms with Crippen LogP contribution in [0.4, 0.5) is 22.0 Å². The van der Waals surface area contributed by atoms with E-state index in [1.807, 2.05) is 0 Å². The maximum atomic E-state index is 14.3. The topological polar surface area (TPSA) is 26.3 Å². The summed E-state index contributed by atoms with van der Waals surface area (Å²) in [6.45, 7) is 1.64. The van der Waals surface area contributed by atoms with Gasteiger partial charge in [0.15, 0.2) is 11.6 Å². The van der Waals surface area contributed by atoms with Crippen LogP contribution in [0.1, 0.15) is 55.6 Å². The second kappa shape index (κ2) is 6.57. The molecule has 0 N–H and O–H groups in total. The largest absolute Gasteiger partial charge is 0.466 e. The molecule has 0 aliphatic heterocycles. The number of carbonyl (C=O) groups excluding carboxylic acids is 1. The van der Waals surface area contributed by atoms with Crippen molar-refractivity contribution in [2.75, 3.05) is 6.61 Å². The standard InChI is InChI=1S/C18H19F5O2/c1-2-25-17(24)13-8-10(18(21,22)23)7-12(13)11-5-6-14(19)16(20)15(11)9-3-4-9/h5-6,9-10,12-13H,2-4,7-8H2,1H3. The molecule has 1 aromatic carbocycles. The van der Waals surface area contributed by atoms with Crippen molar-refractivity contribution < 1.29 is 31.5 Å². The van der Waals surface area contributed by atoms with Crippen LogP contribution in [0.25, 0.3) is 0 Å². The molecule has 2 nitrogen and oxygen atoms in total. The molecule has 0 radical (unpaired) electrons. The fourth-order valence-electron chi connectivity index (χ4n) is 3.85. The Kier molecular flexibility index (Phi) is 4.77. The lowest BCUT2D eigenvalue weighted by Gasteiger charge is -2.22. The molecular weight excluding hydrogens is 343 g/mol. The normalized spacial score (nSPS) is 26.7. The Morgan fingerprint density at radius 1 is 1.20 bits per heavy atom. The first-order chi connectivity index (χ1) is 11.7. The van der Waals surface area contributed by atoms with Crippen LogP contribution in [0.2, 0.25) is 0 Å². The van der Waals surface area contributed by atoms with Crippen molar-refractivity contribution in [1.29, 1.82) is 0 Å². The average molecular weight is 362 g/mol. The number of hydrogen-bond acceptors (Lipinski definition) is 2. The predicted molar refractivity (Wildman–Crippen MR) is 80.0 cm³/mol. The molecule has 2 aliphatic carbocycles. The summed E-state index contributed by atoms with van der Waals surface area (Å²) in [5, 5.41) is 0. The van der Waals surface area contributed by atoms with Gasteiger partial charge in [-0.3, -0.25) is 4.79 Å². The third kappa shape index (κ3) is 3.51. The summed E-state index contributed by atoms with van der Waals surface area (Å²) in [7, 11) is 0. The summed E-state index contributed by atoms with van der Waals surface area (Å²) in [6.07, 6.45) is -3.77. The Balaban J connectivity index is 2.01. The quantitative estimate of drug-likeness (QED) is 0.552. The summed E-state index contributed by atoms with van der Waals surface area (Å²) in [4.78, 5) is 12.2. The van der Waals surface area contributed by atoms with Gasteiger partial charge in [0, 0.05) is 0 Å². The van der Waals surface area contributed by atoms with Crippen molar-refractivity contribution in [2.24, 2.45) is 11.8 Å². The minimum atomic E-state index is -4.43. The lowest BCUT2D eigenvalue weighted by molar-refractivity contribution is -0.174. The highest BCUT2D eigenvalue weighted by Crippen LogP contribution is 2.53. The van der Waals surface area contributed by atoms with Crippen molar-refractivity contribution >= 4 is 5.97 Å². The van der Waals surface area contributed by atoms with Crippen LogP contribution >= 0.6 is 0 Å². The SMILES string of the molecule is CCOC(=O)C1CC(C(F)(F)F)CC1c1ccc(F)c(F)c1C1CC1. The number of alkyl halides is 3. The number of ether oxygens (including phenoxy) is 1. The van der Waals surface area contributed by atoms with Crippen LogP contribution < -0.4 is 0 Å². The van der Waals surface area contributed by atoms with E-state index < -0.39 is 41.5 Å². The van der Waals surface area contributed by atoms with Crippen LogP contribution in [0, 0.1) is 23.5 Å². The van der Waals surface area contributed by atoms with E-state index in [4.69, 9.17) is 4.74 Å². The first-order valence-corrected chi connectivity index (χ1v) is 8.45. The highest BCUT2D eigenvalue weighted by atomic mass is 19.4. The van der Waals surface area contributed by atoms with Crippen LogP contribution in [0.3, 0.4) is 0 Å². The van der Waals surface area contributed by atoms with Gasteiger partial charge < -0.3 is 4.74 Å². The maximum absolute atomic E-state index is 14.3. The predicted octanol–water partition coefficient (Wildman–Crippen LogP) is 5.08. The van der Waals surface area contributed by atoms with Crippen LogP contribution in [0.5, 0.6) is 0 Å². The first kappa shape index (κ1) is 18.1. The molecule has 3 atom stereocenters. The molecule has 1 aromatic rings. The molecule has 2 fully saturated rings. The Labute approximate surface area is 142 Å². The van der Waals surface area contributed by atoms with E-state index >= 15 is 0 Å². The van der Waals surface area contributed by atoms with E-state index in [-0.39, 0.29) is 30.9 Å². The van der Waals surface area contributed by atoms with Crippen LogP contribution in [0.15, 0.2) is 12.1 Å². The summed E-state index contributed by atoms with van der Waals surface area (Å²) in [6, 6.07) is 2.27. The molecule has 0 amide bonds. The fraction of sp³-hybridized carbons (Fsp3) is 0.611. The Bertz CT molecular complexity index is 666. The Morgan fingerprint density at radius 3 is 2.44 bits per heavy atom. The van der Waals surface area contributed by atoms with Crippen molar-refractivity contribution in [3.8, 4) is 0 Å². The van der Waals surface area contributed by atoms with E-state index in [9.17, 15) is 26.7 Å². The van der Waals surface area contributed by atoms with Gasteiger partial charge in [0.25, 0.3) is 0 Å². The summed E-state index contributed by atoms with van der Waals surface area (Å²) < 4.78 is 72.5. The molecule has 3 rings (SSSR count). The molecule has 0 heterocycles. The van der Waals surface area contributed by atoms with Gasteiger partial charge in [-0.25, -0.2) is 8.78 Å². The number of carbonyl (C=O) groups is 1. The van der Waals surface area contributed by atoms with Crippen molar-refractivity contribution in [3.63, 3.8) is 0 Å². The maximum Gasteiger partial charge on any atom is 0.391 e. The molecular formula is C18H19F5O2. The third-order valence-corrected chi connectivity index (χ3v) is 5.17. The first-order valence-electron chi connectivity index (χ1n) is 8.45. The second-order valence-corrected chi connectivity index (χ2v) is 6.81. The molecule has 138 valence electrons. The summed E-state index contributed by atoms with van der Waals surface area (Å²) in [5.74, 6) is -6.34. The molecule has 7 heteroatoms.